The van der Waals surface area contributed by atoms with Crippen molar-refractivity contribution in [2.24, 2.45) is 0 Å². The van der Waals surface area contributed by atoms with Gasteiger partial charge >= 0.3 is 5.97 Å². The first-order valence-corrected chi connectivity index (χ1v) is 9.82. The van der Waals surface area contributed by atoms with Crippen LogP contribution in [0.3, 0.4) is 0 Å². The summed E-state index contributed by atoms with van der Waals surface area (Å²) in [6.45, 7) is 0. The Morgan fingerprint density at radius 3 is 2.80 bits per heavy atom. The number of carbonyl (C=O) groups excluding carboxylic acids is 1. The summed E-state index contributed by atoms with van der Waals surface area (Å²) < 4.78 is 10.6. The lowest BCUT2D eigenvalue weighted by Gasteiger charge is -2.20. The predicted molar refractivity (Wildman–Crippen MR) is 113 cm³/mol. The van der Waals surface area contributed by atoms with E-state index in [0.29, 0.717) is 11.4 Å². The van der Waals surface area contributed by atoms with E-state index in [2.05, 4.69) is 15.3 Å². The lowest BCUT2D eigenvalue weighted by Crippen LogP contribution is -2.23. The molecule has 0 spiro atoms. The molecule has 154 valence electrons. The lowest BCUT2D eigenvalue weighted by molar-refractivity contribution is 0.0728. The zero-order valence-corrected chi connectivity index (χ0v) is 17.3. The van der Waals surface area contributed by atoms with E-state index >= 15 is 0 Å². The van der Waals surface area contributed by atoms with Crippen molar-refractivity contribution in [3.63, 3.8) is 0 Å². The SMILES string of the molecule is COc1ncc(C(=O)Oc2ccc(Cl)cc2Cl)nc1N[C@@H]1c2ccccc2C[C@@H]1O. The molecule has 1 aromatic heterocycles. The van der Waals surface area contributed by atoms with Gasteiger partial charge in [0.25, 0.3) is 5.88 Å². The Hall–Kier alpha value is -2.87. The second kappa shape index (κ2) is 8.47. The maximum Gasteiger partial charge on any atom is 0.364 e. The Morgan fingerprint density at radius 1 is 1.23 bits per heavy atom. The molecule has 1 heterocycles. The minimum atomic E-state index is -0.746. The van der Waals surface area contributed by atoms with E-state index in [-0.39, 0.29) is 28.2 Å². The van der Waals surface area contributed by atoms with Crippen molar-refractivity contribution in [1.29, 1.82) is 0 Å². The van der Waals surface area contributed by atoms with Crippen LogP contribution in [0, 0.1) is 0 Å². The van der Waals surface area contributed by atoms with Gasteiger partial charge in [-0.25, -0.2) is 14.8 Å². The van der Waals surface area contributed by atoms with E-state index in [0.717, 1.165) is 11.1 Å². The van der Waals surface area contributed by atoms with Gasteiger partial charge in [0.2, 0.25) is 0 Å². The molecule has 0 amide bonds. The number of benzene rings is 2. The number of carbonyl (C=O) groups is 1. The summed E-state index contributed by atoms with van der Waals surface area (Å²) in [5, 5.41) is 14.3. The van der Waals surface area contributed by atoms with Gasteiger partial charge in [0.05, 0.1) is 30.5 Å². The fourth-order valence-corrected chi connectivity index (χ4v) is 3.77. The minimum Gasteiger partial charge on any atom is -0.478 e. The molecule has 0 bridgehead atoms. The summed E-state index contributed by atoms with van der Waals surface area (Å²) in [7, 11) is 1.44. The van der Waals surface area contributed by atoms with E-state index < -0.39 is 18.1 Å². The normalized spacial score (nSPS) is 17.3. The van der Waals surface area contributed by atoms with Crippen LogP contribution in [0.2, 0.25) is 10.0 Å². The molecule has 4 rings (SSSR count). The number of anilines is 1. The van der Waals surface area contributed by atoms with Crippen molar-refractivity contribution in [3.05, 3.63) is 75.5 Å². The summed E-state index contributed by atoms with van der Waals surface area (Å²) in [5.74, 6) is -0.189. The highest BCUT2D eigenvalue weighted by molar-refractivity contribution is 6.35. The van der Waals surface area contributed by atoms with Crippen LogP contribution in [0.15, 0.2) is 48.7 Å². The highest BCUT2D eigenvalue weighted by atomic mass is 35.5. The summed E-state index contributed by atoms with van der Waals surface area (Å²) >= 11 is 11.9. The average Bonchev–Trinajstić information content (AvgIpc) is 3.05. The molecular weight excluding hydrogens is 429 g/mol. The zero-order valence-electron chi connectivity index (χ0n) is 15.8. The van der Waals surface area contributed by atoms with E-state index in [1.165, 1.54) is 25.4 Å². The fourth-order valence-electron chi connectivity index (χ4n) is 3.33. The Labute approximate surface area is 182 Å². The number of aromatic nitrogens is 2. The molecule has 0 saturated carbocycles. The molecule has 0 unspecified atom stereocenters. The number of nitrogens with one attached hydrogen (secondary N) is 1. The first kappa shape index (κ1) is 20.4. The average molecular weight is 446 g/mol. The van der Waals surface area contributed by atoms with E-state index in [4.69, 9.17) is 32.7 Å². The van der Waals surface area contributed by atoms with Crippen LogP contribution in [-0.2, 0) is 6.42 Å². The van der Waals surface area contributed by atoms with Crippen molar-refractivity contribution >= 4 is 35.0 Å². The molecule has 7 nitrogen and oxygen atoms in total. The molecule has 1 aliphatic carbocycles. The smallest absolute Gasteiger partial charge is 0.364 e. The number of rotatable bonds is 5. The molecular formula is C21H17Cl2N3O4. The monoisotopic (exact) mass is 445 g/mol. The molecule has 3 aromatic rings. The maximum absolute atomic E-state index is 12.6. The van der Waals surface area contributed by atoms with Crippen molar-refractivity contribution in [1.82, 2.24) is 9.97 Å². The van der Waals surface area contributed by atoms with Crippen molar-refractivity contribution < 1.29 is 19.4 Å². The van der Waals surface area contributed by atoms with Crippen molar-refractivity contribution in [2.45, 2.75) is 18.6 Å². The Balaban J connectivity index is 1.60. The van der Waals surface area contributed by atoms with Crippen molar-refractivity contribution in [3.8, 4) is 11.6 Å². The van der Waals surface area contributed by atoms with Crippen LogP contribution in [-0.4, -0.2) is 34.3 Å². The fraction of sp³-hybridized carbons (Fsp3) is 0.190. The maximum atomic E-state index is 12.6. The van der Waals surface area contributed by atoms with Gasteiger partial charge in [0.1, 0.15) is 5.75 Å². The summed E-state index contributed by atoms with van der Waals surface area (Å²) in [5.41, 5.74) is 1.95. The molecule has 30 heavy (non-hydrogen) atoms. The second-order valence-corrected chi connectivity index (χ2v) is 7.51. The number of aliphatic hydroxyl groups is 1. The molecule has 0 radical (unpaired) electrons. The third-order valence-electron chi connectivity index (χ3n) is 4.73. The largest absolute Gasteiger partial charge is 0.478 e. The van der Waals surface area contributed by atoms with Crippen LogP contribution in [0.5, 0.6) is 11.6 Å². The molecule has 0 saturated heterocycles. The number of hydrogen-bond acceptors (Lipinski definition) is 7. The summed E-state index contributed by atoms with van der Waals surface area (Å²) in [4.78, 5) is 21.0. The van der Waals surface area contributed by atoms with Crippen LogP contribution in [0.4, 0.5) is 5.82 Å². The van der Waals surface area contributed by atoms with Crippen LogP contribution >= 0.6 is 23.2 Å². The Morgan fingerprint density at radius 2 is 2.03 bits per heavy atom. The Kier molecular flexibility index (Phi) is 5.76. The van der Waals surface area contributed by atoms with Crippen LogP contribution < -0.4 is 14.8 Å². The van der Waals surface area contributed by atoms with Gasteiger partial charge in [0.15, 0.2) is 11.5 Å². The van der Waals surface area contributed by atoms with Crippen LogP contribution in [0.1, 0.15) is 27.7 Å². The van der Waals surface area contributed by atoms with Gasteiger partial charge in [-0.05, 0) is 29.3 Å². The third kappa shape index (κ3) is 4.05. The summed E-state index contributed by atoms with van der Waals surface area (Å²) in [6, 6.07) is 11.8. The number of fused-ring (bicyclic) bond motifs is 1. The van der Waals surface area contributed by atoms with Gasteiger partial charge in [-0.3, -0.25) is 0 Å². The number of esters is 1. The topological polar surface area (TPSA) is 93.6 Å². The van der Waals surface area contributed by atoms with Gasteiger partial charge in [-0.2, -0.15) is 0 Å². The number of aliphatic hydroxyl groups excluding tert-OH is 1. The molecule has 2 aromatic carbocycles. The molecule has 0 fully saturated rings. The van der Waals surface area contributed by atoms with Gasteiger partial charge in [0, 0.05) is 11.4 Å². The van der Waals surface area contributed by atoms with E-state index in [1.54, 1.807) is 6.07 Å². The van der Waals surface area contributed by atoms with Gasteiger partial charge in [-0.15, -0.1) is 0 Å². The number of nitrogens with zero attached hydrogens (tertiary/aromatic N) is 2. The Bertz CT molecular complexity index is 1110. The third-order valence-corrected chi connectivity index (χ3v) is 5.26. The first-order valence-electron chi connectivity index (χ1n) is 9.07. The van der Waals surface area contributed by atoms with Gasteiger partial charge < -0.3 is 19.9 Å². The van der Waals surface area contributed by atoms with Gasteiger partial charge in [-0.1, -0.05) is 47.5 Å². The van der Waals surface area contributed by atoms with Crippen molar-refractivity contribution in [2.75, 3.05) is 12.4 Å². The zero-order chi connectivity index (χ0) is 21.3. The molecule has 9 heteroatoms. The van der Waals surface area contributed by atoms with E-state index in [9.17, 15) is 9.90 Å². The highest BCUT2D eigenvalue weighted by Crippen LogP contribution is 2.35. The first-order chi connectivity index (χ1) is 14.5. The molecule has 1 aliphatic rings. The van der Waals surface area contributed by atoms with E-state index in [1.807, 2.05) is 24.3 Å². The molecule has 0 aliphatic heterocycles. The minimum absolute atomic E-state index is 0.0508. The number of halogens is 2. The lowest BCUT2D eigenvalue weighted by atomic mass is 10.1. The van der Waals surface area contributed by atoms with Crippen LogP contribution in [0.25, 0.3) is 0 Å². The highest BCUT2D eigenvalue weighted by Gasteiger charge is 2.32. The number of methoxy groups -OCH3 is 1. The number of ether oxygens (including phenoxy) is 2. The quantitative estimate of drug-likeness (QED) is 0.451. The molecule has 2 atom stereocenters. The molecule has 2 N–H and O–H groups in total. The second-order valence-electron chi connectivity index (χ2n) is 6.67. The standard InChI is InChI=1S/C21H17Cl2N3O4/c1-29-20-19(26-18-13-5-3-2-4-11(13)8-16(18)27)25-15(10-24-20)21(28)30-17-7-6-12(22)9-14(17)23/h2-7,9-10,16,18,27H,8H2,1H3,(H,25,26)/t16-,18+/m0/s1. The number of hydrogen-bond donors (Lipinski definition) is 2. The predicted octanol–water partition coefficient (Wildman–Crippen LogP) is 4.08. The summed E-state index contributed by atoms with van der Waals surface area (Å²) in [6.07, 6.45) is 1.10.